The van der Waals surface area contributed by atoms with Crippen LogP contribution in [0.5, 0.6) is 0 Å². The number of nitrogens with one attached hydrogen (secondary N) is 1. The second kappa shape index (κ2) is 6.38. The second-order valence-corrected chi connectivity index (χ2v) is 4.73. The van der Waals surface area contributed by atoms with E-state index in [1.54, 1.807) is 6.07 Å². The molecule has 2 heterocycles. The lowest BCUT2D eigenvalue weighted by Gasteiger charge is -2.22. The van der Waals surface area contributed by atoms with E-state index in [1.165, 1.54) is 12.6 Å². The average molecular weight is 264 g/mol. The fraction of sp³-hybridized carbons (Fsp3) is 0.538. The number of aromatic nitrogens is 1. The summed E-state index contributed by atoms with van der Waals surface area (Å²) in [7, 11) is 0. The lowest BCUT2D eigenvalue weighted by molar-refractivity contribution is 0.0134. The zero-order valence-corrected chi connectivity index (χ0v) is 10.9. The molecule has 0 aromatic carbocycles. The summed E-state index contributed by atoms with van der Waals surface area (Å²) in [5.41, 5.74) is 11.5. The van der Waals surface area contributed by atoms with Gasteiger partial charge in [0.2, 0.25) is 0 Å². The van der Waals surface area contributed by atoms with Gasteiger partial charge in [0.15, 0.2) is 0 Å². The summed E-state index contributed by atoms with van der Waals surface area (Å²) in [6.07, 6.45) is 6.20. The van der Waals surface area contributed by atoms with Crippen LogP contribution in [0.25, 0.3) is 0 Å². The number of nitrogen functional groups attached to an aromatic ring is 1. The third-order valence-electron chi connectivity index (χ3n) is 3.25. The first-order chi connectivity index (χ1) is 9.16. The van der Waals surface area contributed by atoms with Crippen LogP contribution < -0.4 is 16.8 Å². The van der Waals surface area contributed by atoms with Crippen molar-refractivity contribution in [2.24, 2.45) is 5.73 Å². The highest BCUT2D eigenvalue weighted by Crippen LogP contribution is 2.17. The van der Waals surface area contributed by atoms with E-state index < -0.39 is 5.91 Å². The van der Waals surface area contributed by atoms with Crippen molar-refractivity contribution < 1.29 is 9.53 Å². The molecule has 1 aliphatic rings. The van der Waals surface area contributed by atoms with Gasteiger partial charge in [-0.3, -0.25) is 4.79 Å². The third-order valence-corrected chi connectivity index (χ3v) is 3.25. The summed E-state index contributed by atoms with van der Waals surface area (Å²) in [5, 5.41) is 3.16. The van der Waals surface area contributed by atoms with E-state index in [4.69, 9.17) is 16.2 Å². The number of anilines is 2. The molecule has 19 heavy (non-hydrogen) atoms. The van der Waals surface area contributed by atoms with Gasteiger partial charge in [-0.1, -0.05) is 0 Å². The van der Waals surface area contributed by atoms with Crippen LogP contribution in [0.1, 0.15) is 36.0 Å². The van der Waals surface area contributed by atoms with Crippen LogP contribution >= 0.6 is 0 Å². The van der Waals surface area contributed by atoms with Crippen LogP contribution in [0, 0.1) is 0 Å². The van der Waals surface area contributed by atoms with Gasteiger partial charge in [0, 0.05) is 13.2 Å². The van der Waals surface area contributed by atoms with Crippen molar-refractivity contribution in [3.63, 3.8) is 0 Å². The molecule has 1 aliphatic heterocycles. The third kappa shape index (κ3) is 3.82. The molecule has 5 N–H and O–H groups in total. The average Bonchev–Trinajstić information content (AvgIpc) is 2.41. The number of nitrogens with two attached hydrogens (primary N) is 2. The Bertz CT molecular complexity index is 444. The molecule has 1 aromatic heterocycles. The lowest BCUT2D eigenvalue weighted by atomic mass is 10.1. The van der Waals surface area contributed by atoms with Gasteiger partial charge in [0.1, 0.15) is 5.82 Å². The second-order valence-electron chi connectivity index (χ2n) is 4.73. The van der Waals surface area contributed by atoms with Crippen LogP contribution in [-0.2, 0) is 4.74 Å². The molecule has 6 heteroatoms. The van der Waals surface area contributed by atoms with Crippen LogP contribution in [-0.4, -0.2) is 30.1 Å². The van der Waals surface area contributed by atoms with Gasteiger partial charge in [0.25, 0.3) is 5.91 Å². The minimum Gasteiger partial charge on any atom is -0.397 e. The Labute approximate surface area is 112 Å². The first-order valence-electron chi connectivity index (χ1n) is 6.57. The number of primary amides is 1. The number of rotatable bonds is 5. The molecule has 1 fully saturated rings. The van der Waals surface area contributed by atoms with Crippen molar-refractivity contribution in [1.82, 2.24) is 4.98 Å². The zero-order valence-electron chi connectivity index (χ0n) is 10.9. The Hall–Kier alpha value is -1.82. The Morgan fingerprint density at radius 2 is 2.37 bits per heavy atom. The molecule has 2 rings (SSSR count). The molecular weight excluding hydrogens is 244 g/mol. The minimum absolute atomic E-state index is 0.298. The van der Waals surface area contributed by atoms with E-state index in [1.807, 2.05) is 0 Å². The van der Waals surface area contributed by atoms with Crippen LogP contribution in [0.2, 0.25) is 0 Å². The van der Waals surface area contributed by atoms with Gasteiger partial charge in [-0.05, 0) is 31.7 Å². The molecule has 104 valence electrons. The highest BCUT2D eigenvalue weighted by atomic mass is 16.5. The Balaban J connectivity index is 1.85. The first kappa shape index (κ1) is 13.6. The Morgan fingerprint density at radius 1 is 1.53 bits per heavy atom. The standard InChI is InChI=1S/C13H20N4O2/c14-11-8-17-12(7-10(11)13(15)18)16-5-4-9-3-1-2-6-19-9/h7-9H,1-6,14H2,(H2,15,18)(H,16,17). The van der Waals surface area contributed by atoms with Gasteiger partial charge < -0.3 is 21.5 Å². The van der Waals surface area contributed by atoms with E-state index in [-0.39, 0.29) is 0 Å². The van der Waals surface area contributed by atoms with E-state index in [9.17, 15) is 4.79 Å². The number of carbonyl (C=O) groups excluding carboxylic acids is 1. The summed E-state index contributed by atoms with van der Waals surface area (Å²) in [5.74, 6) is 0.0670. The van der Waals surface area contributed by atoms with Gasteiger partial charge in [-0.15, -0.1) is 0 Å². The zero-order chi connectivity index (χ0) is 13.7. The highest BCUT2D eigenvalue weighted by molar-refractivity contribution is 5.98. The Morgan fingerprint density at radius 3 is 3.05 bits per heavy atom. The number of nitrogens with zero attached hydrogens (tertiary/aromatic N) is 1. The highest BCUT2D eigenvalue weighted by Gasteiger charge is 2.13. The first-order valence-corrected chi connectivity index (χ1v) is 6.57. The van der Waals surface area contributed by atoms with Crippen LogP contribution in [0.4, 0.5) is 11.5 Å². The molecule has 0 bridgehead atoms. The number of carbonyl (C=O) groups is 1. The largest absolute Gasteiger partial charge is 0.397 e. The van der Waals surface area contributed by atoms with Crippen molar-refractivity contribution in [3.05, 3.63) is 17.8 Å². The molecule has 1 saturated heterocycles. The summed E-state index contributed by atoms with van der Waals surface area (Å²) in [6.45, 7) is 1.61. The predicted octanol–water partition coefficient (Wildman–Crippen LogP) is 1.13. The number of amides is 1. The molecule has 1 amide bonds. The maximum Gasteiger partial charge on any atom is 0.250 e. The topological polar surface area (TPSA) is 103 Å². The van der Waals surface area contributed by atoms with Crippen LogP contribution in [0.3, 0.4) is 0 Å². The Kier molecular flexibility index (Phi) is 4.57. The smallest absolute Gasteiger partial charge is 0.250 e. The summed E-state index contributed by atoms with van der Waals surface area (Å²) >= 11 is 0. The molecule has 0 radical (unpaired) electrons. The molecule has 0 spiro atoms. The maximum atomic E-state index is 11.2. The van der Waals surface area contributed by atoms with Gasteiger partial charge in [-0.2, -0.15) is 0 Å². The number of hydrogen-bond acceptors (Lipinski definition) is 5. The molecule has 1 aromatic rings. The molecule has 1 unspecified atom stereocenters. The summed E-state index contributed by atoms with van der Waals surface area (Å²) in [6, 6.07) is 1.58. The SMILES string of the molecule is NC(=O)c1cc(NCCC2CCCCO2)ncc1N. The molecule has 0 saturated carbocycles. The molecule has 6 nitrogen and oxygen atoms in total. The van der Waals surface area contributed by atoms with E-state index in [0.29, 0.717) is 23.2 Å². The van der Waals surface area contributed by atoms with E-state index in [2.05, 4.69) is 10.3 Å². The molecule has 1 atom stereocenters. The summed E-state index contributed by atoms with van der Waals surface area (Å²) in [4.78, 5) is 15.3. The molecule has 0 aliphatic carbocycles. The van der Waals surface area contributed by atoms with Gasteiger partial charge >= 0.3 is 0 Å². The van der Waals surface area contributed by atoms with E-state index >= 15 is 0 Å². The van der Waals surface area contributed by atoms with Gasteiger partial charge in [0.05, 0.1) is 23.6 Å². The monoisotopic (exact) mass is 264 g/mol. The van der Waals surface area contributed by atoms with Crippen molar-refractivity contribution >= 4 is 17.4 Å². The predicted molar refractivity (Wildman–Crippen MR) is 73.9 cm³/mol. The van der Waals surface area contributed by atoms with Crippen molar-refractivity contribution in [1.29, 1.82) is 0 Å². The number of pyridine rings is 1. The quantitative estimate of drug-likeness (QED) is 0.739. The number of ether oxygens (including phenoxy) is 1. The summed E-state index contributed by atoms with van der Waals surface area (Å²) < 4.78 is 5.64. The van der Waals surface area contributed by atoms with Crippen molar-refractivity contribution in [2.45, 2.75) is 31.8 Å². The molecular formula is C13H20N4O2. The van der Waals surface area contributed by atoms with E-state index in [0.717, 1.165) is 32.4 Å². The number of hydrogen-bond donors (Lipinski definition) is 3. The normalized spacial score (nSPS) is 19.1. The van der Waals surface area contributed by atoms with Crippen LogP contribution in [0.15, 0.2) is 12.3 Å². The van der Waals surface area contributed by atoms with Crippen molar-refractivity contribution in [2.75, 3.05) is 24.2 Å². The fourth-order valence-electron chi connectivity index (χ4n) is 2.17. The van der Waals surface area contributed by atoms with Gasteiger partial charge in [-0.25, -0.2) is 4.98 Å². The minimum atomic E-state index is -0.543. The fourth-order valence-corrected chi connectivity index (χ4v) is 2.17. The maximum absolute atomic E-state index is 11.2. The lowest BCUT2D eigenvalue weighted by Crippen LogP contribution is -2.22. The van der Waals surface area contributed by atoms with Crippen molar-refractivity contribution in [3.8, 4) is 0 Å².